The zero-order chi connectivity index (χ0) is 15.6. The molecule has 0 radical (unpaired) electrons. The molecule has 5 nitrogen and oxygen atoms in total. The number of amides is 1. The Morgan fingerprint density at radius 3 is 2.68 bits per heavy atom. The van der Waals surface area contributed by atoms with Gasteiger partial charge in [0.25, 0.3) is 5.91 Å². The molecule has 0 spiro atoms. The fourth-order valence-electron chi connectivity index (χ4n) is 2.31. The molecule has 0 unspecified atom stereocenters. The first kappa shape index (κ1) is 15.7. The molecule has 3 heterocycles. The second-order valence-corrected chi connectivity index (χ2v) is 9.13. The van der Waals surface area contributed by atoms with E-state index in [0.717, 1.165) is 42.1 Å². The van der Waals surface area contributed by atoms with Crippen LogP contribution in [0.4, 0.5) is 0 Å². The van der Waals surface area contributed by atoms with Gasteiger partial charge in [0.15, 0.2) is 0 Å². The van der Waals surface area contributed by atoms with Crippen LogP contribution in [0.5, 0.6) is 0 Å². The summed E-state index contributed by atoms with van der Waals surface area (Å²) in [5, 5.41) is 1.90. The Kier molecular flexibility index (Phi) is 4.62. The molecule has 22 heavy (non-hydrogen) atoms. The lowest BCUT2D eigenvalue weighted by molar-refractivity contribution is 0.0797. The average Bonchev–Trinajstić information content (AvgIpc) is 3.26. The minimum atomic E-state index is -3.57. The average molecular weight is 356 g/mol. The second-order valence-electron chi connectivity index (χ2n) is 5.02. The van der Waals surface area contributed by atoms with Gasteiger partial charge in [0.05, 0.1) is 4.88 Å². The Balaban J connectivity index is 1.70. The molecular formula is C14H16N2O3S3. The highest BCUT2D eigenvalue weighted by molar-refractivity contribution is 7.91. The van der Waals surface area contributed by atoms with E-state index in [2.05, 4.69) is 4.72 Å². The highest BCUT2D eigenvalue weighted by Crippen LogP contribution is 2.24. The van der Waals surface area contributed by atoms with Crippen LogP contribution in [-0.2, 0) is 16.6 Å². The Bertz CT molecular complexity index is 744. The SMILES string of the molecule is O=C(c1ccc(S(=O)(=O)NCc2cccs2)s1)N1CCCC1. The van der Waals surface area contributed by atoms with Gasteiger partial charge in [0.2, 0.25) is 10.0 Å². The quantitative estimate of drug-likeness (QED) is 0.895. The summed E-state index contributed by atoms with van der Waals surface area (Å²) in [6.07, 6.45) is 2.04. The van der Waals surface area contributed by atoms with Crippen LogP contribution >= 0.6 is 22.7 Å². The first-order chi connectivity index (χ1) is 10.6. The topological polar surface area (TPSA) is 66.5 Å². The first-order valence-electron chi connectivity index (χ1n) is 6.97. The van der Waals surface area contributed by atoms with E-state index >= 15 is 0 Å². The van der Waals surface area contributed by atoms with Gasteiger partial charge in [-0.2, -0.15) is 0 Å². The van der Waals surface area contributed by atoms with Gasteiger partial charge < -0.3 is 4.90 Å². The number of carbonyl (C=O) groups is 1. The van der Waals surface area contributed by atoms with Crippen LogP contribution < -0.4 is 4.72 Å². The molecule has 1 aliphatic rings. The van der Waals surface area contributed by atoms with Gasteiger partial charge in [0.1, 0.15) is 4.21 Å². The third-order valence-corrected chi connectivity index (χ3v) is 7.31. The Labute approximate surface area is 137 Å². The van der Waals surface area contributed by atoms with Crippen LogP contribution in [0.15, 0.2) is 33.9 Å². The van der Waals surface area contributed by atoms with Crippen molar-refractivity contribution in [3.63, 3.8) is 0 Å². The van der Waals surface area contributed by atoms with Crippen LogP contribution in [0.3, 0.4) is 0 Å². The maximum absolute atomic E-state index is 12.3. The predicted octanol–water partition coefficient (Wildman–Crippen LogP) is 2.52. The lowest BCUT2D eigenvalue weighted by Gasteiger charge is -2.13. The molecule has 1 saturated heterocycles. The summed E-state index contributed by atoms with van der Waals surface area (Å²) in [5.74, 6) is -0.0674. The van der Waals surface area contributed by atoms with Crippen molar-refractivity contribution in [2.24, 2.45) is 0 Å². The highest BCUT2D eigenvalue weighted by Gasteiger charge is 2.24. The van der Waals surface area contributed by atoms with Crippen molar-refractivity contribution in [2.45, 2.75) is 23.6 Å². The van der Waals surface area contributed by atoms with E-state index in [1.807, 2.05) is 17.5 Å². The van der Waals surface area contributed by atoms with E-state index in [0.29, 0.717) is 4.88 Å². The molecule has 8 heteroatoms. The molecule has 0 saturated carbocycles. The molecule has 2 aromatic rings. The number of thiophene rings is 2. The van der Waals surface area contributed by atoms with Crippen molar-refractivity contribution in [1.29, 1.82) is 0 Å². The molecule has 3 rings (SSSR count). The highest BCUT2D eigenvalue weighted by atomic mass is 32.2. The Morgan fingerprint density at radius 2 is 2.00 bits per heavy atom. The monoisotopic (exact) mass is 356 g/mol. The van der Waals surface area contributed by atoms with Crippen molar-refractivity contribution < 1.29 is 13.2 Å². The van der Waals surface area contributed by atoms with Crippen molar-refractivity contribution in [1.82, 2.24) is 9.62 Å². The molecule has 0 atom stereocenters. The zero-order valence-electron chi connectivity index (χ0n) is 11.8. The third-order valence-electron chi connectivity index (χ3n) is 3.47. The summed E-state index contributed by atoms with van der Waals surface area (Å²) >= 11 is 2.54. The number of carbonyl (C=O) groups excluding carboxylic acids is 1. The summed E-state index contributed by atoms with van der Waals surface area (Å²) in [6, 6.07) is 6.87. The van der Waals surface area contributed by atoms with Crippen LogP contribution in [-0.4, -0.2) is 32.3 Å². The van der Waals surface area contributed by atoms with Gasteiger partial charge in [0, 0.05) is 24.5 Å². The molecule has 0 aliphatic carbocycles. The van der Waals surface area contributed by atoms with Crippen molar-refractivity contribution in [2.75, 3.05) is 13.1 Å². The molecule has 2 aromatic heterocycles. The van der Waals surface area contributed by atoms with E-state index in [9.17, 15) is 13.2 Å². The molecule has 1 fully saturated rings. The number of sulfonamides is 1. The summed E-state index contributed by atoms with van der Waals surface area (Å²) in [5.41, 5.74) is 0. The third kappa shape index (κ3) is 3.40. The van der Waals surface area contributed by atoms with Crippen LogP contribution in [0, 0.1) is 0 Å². The van der Waals surface area contributed by atoms with Gasteiger partial charge in [-0.15, -0.1) is 22.7 Å². The van der Waals surface area contributed by atoms with Gasteiger partial charge >= 0.3 is 0 Å². The summed E-state index contributed by atoms with van der Waals surface area (Å²) < 4.78 is 27.3. The summed E-state index contributed by atoms with van der Waals surface area (Å²) in [7, 11) is -3.57. The Hall–Kier alpha value is -1.22. The number of nitrogens with one attached hydrogen (secondary N) is 1. The van der Waals surface area contributed by atoms with Crippen molar-refractivity contribution >= 4 is 38.6 Å². The van der Waals surface area contributed by atoms with Crippen LogP contribution in [0.1, 0.15) is 27.4 Å². The Morgan fingerprint density at radius 1 is 1.23 bits per heavy atom. The maximum Gasteiger partial charge on any atom is 0.263 e. The maximum atomic E-state index is 12.3. The molecule has 1 N–H and O–H groups in total. The molecular weight excluding hydrogens is 340 g/mol. The molecule has 1 aliphatic heterocycles. The van der Waals surface area contributed by atoms with E-state index in [4.69, 9.17) is 0 Å². The predicted molar refractivity (Wildman–Crippen MR) is 87.8 cm³/mol. The second kappa shape index (κ2) is 6.49. The van der Waals surface area contributed by atoms with Crippen molar-refractivity contribution in [3.8, 4) is 0 Å². The zero-order valence-corrected chi connectivity index (χ0v) is 14.3. The van der Waals surface area contributed by atoms with E-state index in [-0.39, 0.29) is 16.7 Å². The summed E-state index contributed by atoms with van der Waals surface area (Å²) in [4.78, 5) is 15.5. The minimum absolute atomic E-state index is 0.0674. The number of hydrogen-bond acceptors (Lipinski definition) is 5. The van der Waals surface area contributed by atoms with Crippen molar-refractivity contribution in [3.05, 3.63) is 39.4 Å². The van der Waals surface area contributed by atoms with Gasteiger partial charge in [-0.1, -0.05) is 6.07 Å². The molecule has 1 amide bonds. The van der Waals surface area contributed by atoms with Crippen LogP contribution in [0.2, 0.25) is 0 Å². The van der Waals surface area contributed by atoms with Crippen LogP contribution in [0.25, 0.3) is 0 Å². The van der Waals surface area contributed by atoms with E-state index in [1.165, 1.54) is 17.4 Å². The molecule has 0 bridgehead atoms. The van der Waals surface area contributed by atoms with E-state index < -0.39 is 10.0 Å². The number of hydrogen-bond donors (Lipinski definition) is 1. The van der Waals surface area contributed by atoms with Gasteiger partial charge in [-0.25, -0.2) is 13.1 Å². The fourth-order valence-corrected chi connectivity index (χ4v) is 5.37. The van der Waals surface area contributed by atoms with Gasteiger partial charge in [-0.3, -0.25) is 4.79 Å². The number of rotatable bonds is 5. The lowest BCUT2D eigenvalue weighted by Crippen LogP contribution is -2.26. The smallest absolute Gasteiger partial charge is 0.263 e. The number of nitrogens with zero attached hydrogens (tertiary/aromatic N) is 1. The standard InChI is InChI=1S/C14H16N2O3S3/c17-14(16-7-1-2-8-16)12-5-6-13(21-12)22(18,19)15-10-11-4-3-9-20-11/h3-6,9,15H,1-2,7-8,10H2. The molecule has 0 aromatic carbocycles. The first-order valence-corrected chi connectivity index (χ1v) is 10.2. The lowest BCUT2D eigenvalue weighted by atomic mass is 10.4. The minimum Gasteiger partial charge on any atom is -0.338 e. The van der Waals surface area contributed by atoms with E-state index in [1.54, 1.807) is 11.0 Å². The molecule has 118 valence electrons. The number of likely N-dealkylation sites (tertiary alicyclic amines) is 1. The normalized spacial score (nSPS) is 15.4. The summed E-state index contributed by atoms with van der Waals surface area (Å²) in [6.45, 7) is 1.79. The van der Waals surface area contributed by atoms with Gasteiger partial charge in [-0.05, 0) is 36.4 Å². The largest absolute Gasteiger partial charge is 0.338 e. The fraction of sp³-hybridized carbons (Fsp3) is 0.357.